The Morgan fingerprint density at radius 1 is 1.18 bits per heavy atom. The Kier molecular flexibility index (Phi) is 4.48. The Morgan fingerprint density at radius 2 is 1.88 bits per heavy atom. The minimum Gasteiger partial charge on any atom is -0.390 e. The van der Waals surface area contributed by atoms with Crippen LogP contribution >= 0.6 is 0 Å². The van der Waals surface area contributed by atoms with Gasteiger partial charge in [-0.3, -0.25) is 4.90 Å². The van der Waals surface area contributed by atoms with Crippen LogP contribution in [0.25, 0.3) is 0 Å². The molecule has 100 valence electrons. The molecule has 2 nitrogen and oxygen atoms in total. The molecule has 0 spiro atoms. The largest absolute Gasteiger partial charge is 0.390 e. The molecule has 1 atom stereocenters. The smallest absolute Gasteiger partial charge is 0.0648 e. The van der Waals surface area contributed by atoms with Crippen molar-refractivity contribution in [2.75, 3.05) is 6.54 Å². The second kappa shape index (κ2) is 5.71. The molecule has 2 rings (SSSR count). The molecule has 0 aromatic carbocycles. The molecule has 1 saturated carbocycles. The van der Waals surface area contributed by atoms with Gasteiger partial charge in [0.1, 0.15) is 0 Å². The van der Waals surface area contributed by atoms with E-state index < -0.39 is 0 Å². The molecule has 0 aromatic rings. The summed E-state index contributed by atoms with van der Waals surface area (Å²) < 4.78 is 0. The Hall–Kier alpha value is -0.0800. The molecule has 1 unspecified atom stereocenters. The summed E-state index contributed by atoms with van der Waals surface area (Å²) >= 11 is 0. The van der Waals surface area contributed by atoms with Gasteiger partial charge in [-0.1, -0.05) is 19.3 Å². The van der Waals surface area contributed by atoms with Gasteiger partial charge in [-0.15, -0.1) is 0 Å². The summed E-state index contributed by atoms with van der Waals surface area (Å²) in [6.07, 6.45) is 10.9. The highest BCUT2D eigenvalue weighted by molar-refractivity contribution is 4.87. The molecule has 1 aliphatic heterocycles. The van der Waals surface area contributed by atoms with Gasteiger partial charge in [-0.2, -0.15) is 0 Å². The number of rotatable bonds is 4. The third-order valence-corrected chi connectivity index (χ3v) is 4.81. The van der Waals surface area contributed by atoms with Gasteiger partial charge in [0.2, 0.25) is 0 Å². The quantitative estimate of drug-likeness (QED) is 0.813. The summed E-state index contributed by atoms with van der Waals surface area (Å²) in [5, 5.41) is 10.4. The van der Waals surface area contributed by atoms with E-state index in [4.69, 9.17) is 0 Å². The van der Waals surface area contributed by atoms with Gasteiger partial charge in [0.15, 0.2) is 0 Å². The van der Waals surface area contributed by atoms with Crippen molar-refractivity contribution in [3.8, 4) is 0 Å². The maximum absolute atomic E-state index is 10.4. The van der Waals surface area contributed by atoms with Crippen molar-refractivity contribution in [3.05, 3.63) is 0 Å². The van der Waals surface area contributed by atoms with Gasteiger partial charge in [-0.05, 0) is 58.9 Å². The summed E-state index contributed by atoms with van der Waals surface area (Å²) in [6.45, 7) is 5.88. The number of aliphatic hydroxyl groups is 1. The third-order valence-electron chi connectivity index (χ3n) is 4.81. The first kappa shape index (κ1) is 13.4. The molecular weight excluding hydrogens is 210 g/mol. The number of hydrogen-bond donors (Lipinski definition) is 1. The number of hydrogen-bond acceptors (Lipinski definition) is 2. The van der Waals surface area contributed by atoms with E-state index in [1.165, 1.54) is 45.1 Å². The summed E-state index contributed by atoms with van der Waals surface area (Å²) in [5.41, 5.74) is -0.305. The van der Waals surface area contributed by atoms with Crippen molar-refractivity contribution >= 4 is 0 Å². The molecule has 2 fully saturated rings. The van der Waals surface area contributed by atoms with Crippen LogP contribution in [-0.2, 0) is 0 Å². The molecule has 0 radical (unpaired) electrons. The van der Waals surface area contributed by atoms with Gasteiger partial charge < -0.3 is 5.11 Å². The Bertz CT molecular complexity index is 233. The average Bonchev–Trinajstić information content (AvgIpc) is 2.74. The first-order chi connectivity index (χ1) is 8.11. The summed E-state index contributed by atoms with van der Waals surface area (Å²) in [5.74, 6) is 0. The molecule has 1 saturated heterocycles. The number of piperidine rings is 1. The van der Waals surface area contributed by atoms with Crippen LogP contribution < -0.4 is 0 Å². The van der Waals surface area contributed by atoms with Crippen LogP contribution in [0.15, 0.2) is 0 Å². The summed E-state index contributed by atoms with van der Waals surface area (Å²) in [6, 6.07) is 1.40. The highest BCUT2D eigenvalue weighted by Crippen LogP contribution is 2.35. The predicted molar refractivity (Wildman–Crippen MR) is 72.1 cm³/mol. The monoisotopic (exact) mass is 239 g/mol. The van der Waals surface area contributed by atoms with Crippen molar-refractivity contribution in [2.45, 2.75) is 89.3 Å². The van der Waals surface area contributed by atoms with Crippen LogP contribution in [0.4, 0.5) is 0 Å². The van der Waals surface area contributed by atoms with E-state index in [1.54, 1.807) is 0 Å². The molecule has 0 aromatic heterocycles. The molecule has 1 heterocycles. The topological polar surface area (TPSA) is 23.5 Å². The van der Waals surface area contributed by atoms with Crippen molar-refractivity contribution in [1.29, 1.82) is 0 Å². The Balaban J connectivity index is 1.83. The fraction of sp³-hybridized carbons (Fsp3) is 1.00. The second-order valence-corrected chi connectivity index (χ2v) is 6.45. The van der Waals surface area contributed by atoms with E-state index in [-0.39, 0.29) is 5.60 Å². The van der Waals surface area contributed by atoms with Gasteiger partial charge in [0.25, 0.3) is 0 Å². The lowest BCUT2D eigenvalue weighted by Gasteiger charge is -2.40. The second-order valence-electron chi connectivity index (χ2n) is 6.45. The van der Waals surface area contributed by atoms with E-state index in [0.717, 1.165) is 25.3 Å². The molecule has 1 N–H and O–H groups in total. The maximum atomic E-state index is 10.4. The first-order valence-corrected chi connectivity index (χ1v) is 7.59. The van der Waals surface area contributed by atoms with E-state index in [1.807, 2.05) is 0 Å². The number of nitrogens with zero attached hydrogens (tertiary/aromatic N) is 1. The van der Waals surface area contributed by atoms with Crippen LogP contribution in [0.3, 0.4) is 0 Å². The molecule has 0 amide bonds. The maximum Gasteiger partial charge on any atom is 0.0648 e. The summed E-state index contributed by atoms with van der Waals surface area (Å²) in [7, 11) is 0. The zero-order chi connectivity index (χ0) is 12.3. The van der Waals surface area contributed by atoms with Crippen molar-refractivity contribution in [3.63, 3.8) is 0 Å². The van der Waals surface area contributed by atoms with Crippen molar-refractivity contribution < 1.29 is 5.11 Å². The Labute approximate surface area is 106 Å². The van der Waals surface area contributed by atoms with Gasteiger partial charge in [0, 0.05) is 12.1 Å². The van der Waals surface area contributed by atoms with E-state index in [9.17, 15) is 5.11 Å². The number of likely N-dealkylation sites (tertiary alicyclic amines) is 1. The highest BCUT2D eigenvalue weighted by atomic mass is 16.3. The SMILES string of the molecule is CC(C)N1CCCCC1CCC1(O)CCCC1. The average molecular weight is 239 g/mol. The summed E-state index contributed by atoms with van der Waals surface area (Å²) in [4.78, 5) is 2.65. The fourth-order valence-corrected chi connectivity index (χ4v) is 3.73. The standard InChI is InChI=1S/C15H29NO/c1-13(2)16-12-6-3-7-14(16)8-11-15(17)9-4-5-10-15/h13-14,17H,3-12H2,1-2H3. The van der Waals surface area contributed by atoms with Gasteiger partial charge >= 0.3 is 0 Å². The molecule has 17 heavy (non-hydrogen) atoms. The third kappa shape index (κ3) is 3.45. The lowest BCUT2D eigenvalue weighted by Crippen LogP contribution is -2.44. The molecule has 1 aliphatic carbocycles. The van der Waals surface area contributed by atoms with Crippen LogP contribution in [0.5, 0.6) is 0 Å². The molecule has 2 aliphatic rings. The van der Waals surface area contributed by atoms with Crippen molar-refractivity contribution in [2.24, 2.45) is 0 Å². The highest BCUT2D eigenvalue weighted by Gasteiger charge is 2.33. The minimum atomic E-state index is -0.305. The van der Waals surface area contributed by atoms with E-state index in [2.05, 4.69) is 18.7 Å². The van der Waals surface area contributed by atoms with Crippen LogP contribution in [0.2, 0.25) is 0 Å². The van der Waals surface area contributed by atoms with Gasteiger partial charge in [0.05, 0.1) is 5.60 Å². The first-order valence-electron chi connectivity index (χ1n) is 7.59. The normalized spacial score (nSPS) is 30.0. The molecule has 2 heteroatoms. The molecule has 0 bridgehead atoms. The minimum absolute atomic E-state index is 0.305. The van der Waals surface area contributed by atoms with Crippen molar-refractivity contribution in [1.82, 2.24) is 4.90 Å². The zero-order valence-electron chi connectivity index (χ0n) is 11.6. The van der Waals surface area contributed by atoms with E-state index >= 15 is 0 Å². The van der Waals surface area contributed by atoms with E-state index in [0.29, 0.717) is 6.04 Å². The Morgan fingerprint density at radius 3 is 2.53 bits per heavy atom. The lowest BCUT2D eigenvalue weighted by molar-refractivity contribution is 0.0189. The fourth-order valence-electron chi connectivity index (χ4n) is 3.73. The van der Waals surface area contributed by atoms with Crippen LogP contribution in [0, 0.1) is 0 Å². The van der Waals surface area contributed by atoms with Crippen LogP contribution in [0.1, 0.15) is 71.6 Å². The van der Waals surface area contributed by atoms with Gasteiger partial charge in [-0.25, -0.2) is 0 Å². The molecular formula is C15H29NO. The lowest BCUT2D eigenvalue weighted by atomic mass is 9.89. The predicted octanol–water partition coefficient (Wildman–Crippen LogP) is 3.33. The zero-order valence-corrected chi connectivity index (χ0v) is 11.6. The van der Waals surface area contributed by atoms with Crippen LogP contribution in [-0.4, -0.2) is 34.2 Å².